The van der Waals surface area contributed by atoms with Crippen molar-refractivity contribution in [3.05, 3.63) is 57.3 Å². The van der Waals surface area contributed by atoms with Gasteiger partial charge in [0.15, 0.2) is 5.84 Å². The van der Waals surface area contributed by atoms with Gasteiger partial charge in [0.1, 0.15) is 17.3 Å². The van der Waals surface area contributed by atoms with Crippen molar-refractivity contribution in [2.45, 2.75) is 0 Å². The first-order valence-corrected chi connectivity index (χ1v) is 6.58. The van der Waals surface area contributed by atoms with Crippen LogP contribution in [0, 0.1) is 5.82 Å². The number of nitrogens with two attached hydrogens (primary N) is 1. The minimum atomic E-state index is -0.377. The number of nitrogens with zero attached hydrogens (tertiary/aromatic N) is 1. The standard InChI is InChI=1S/C13H9BrClFN2O2/c14-10-5-7(2-4-12(10)16)20-8-1-3-9(11(15)6-8)13(17)18-19/h1-6,19H,(H2,17,18). The molecule has 0 unspecified atom stereocenters. The first-order valence-electron chi connectivity index (χ1n) is 5.41. The minimum absolute atomic E-state index is 0.0916. The number of hydrogen-bond donors (Lipinski definition) is 2. The number of benzene rings is 2. The predicted octanol–water partition coefficient (Wildman–Crippen LogP) is 4.13. The Bertz CT molecular complexity index is 679. The lowest BCUT2D eigenvalue weighted by Crippen LogP contribution is -2.13. The van der Waals surface area contributed by atoms with E-state index in [-0.39, 0.29) is 16.7 Å². The molecule has 3 N–H and O–H groups in total. The van der Waals surface area contributed by atoms with Crippen LogP contribution in [0.2, 0.25) is 5.02 Å². The monoisotopic (exact) mass is 358 g/mol. The molecule has 0 aliphatic rings. The molecule has 0 aliphatic heterocycles. The zero-order valence-corrected chi connectivity index (χ0v) is 12.3. The fraction of sp³-hybridized carbons (Fsp3) is 0. The molecule has 0 saturated heterocycles. The van der Waals surface area contributed by atoms with E-state index in [1.165, 1.54) is 24.3 Å². The molecular formula is C13H9BrClFN2O2. The number of ether oxygens (including phenoxy) is 1. The van der Waals surface area contributed by atoms with Gasteiger partial charge in [0.25, 0.3) is 0 Å². The largest absolute Gasteiger partial charge is 0.457 e. The smallest absolute Gasteiger partial charge is 0.171 e. The lowest BCUT2D eigenvalue weighted by atomic mass is 10.2. The highest BCUT2D eigenvalue weighted by Gasteiger charge is 2.08. The van der Waals surface area contributed by atoms with Gasteiger partial charge in [-0.25, -0.2) is 4.39 Å². The van der Waals surface area contributed by atoms with Gasteiger partial charge in [0.2, 0.25) is 0 Å². The van der Waals surface area contributed by atoms with Gasteiger partial charge in [-0.05, 0) is 46.3 Å². The first kappa shape index (κ1) is 14.6. The molecule has 0 bridgehead atoms. The van der Waals surface area contributed by atoms with E-state index in [2.05, 4.69) is 21.1 Å². The third-order valence-corrected chi connectivity index (χ3v) is 3.37. The second-order valence-corrected chi connectivity index (χ2v) is 5.07. The number of hydrogen-bond acceptors (Lipinski definition) is 3. The lowest BCUT2D eigenvalue weighted by molar-refractivity contribution is 0.318. The van der Waals surface area contributed by atoms with Crippen molar-refractivity contribution >= 4 is 33.4 Å². The normalized spacial score (nSPS) is 11.4. The van der Waals surface area contributed by atoms with Gasteiger partial charge in [0, 0.05) is 11.6 Å². The van der Waals surface area contributed by atoms with Gasteiger partial charge >= 0.3 is 0 Å². The van der Waals surface area contributed by atoms with E-state index in [9.17, 15) is 4.39 Å². The Morgan fingerprint density at radius 1 is 1.25 bits per heavy atom. The van der Waals surface area contributed by atoms with Crippen molar-refractivity contribution in [3.63, 3.8) is 0 Å². The molecule has 0 saturated carbocycles. The second kappa shape index (κ2) is 6.11. The molecule has 7 heteroatoms. The Kier molecular flexibility index (Phi) is 4.46. The van der Waals surface area contributed by atoms with Gasteiger partial charge in [-0.2, -0.15) is 0 Å². The van der Waals surface area contributed by atoms with Gasteiger partial charge in [0.05, 0.1) is 9.50 Å². The first-order chi connectivity index (χ1) is 9.51. The van der Waals surface area contributed by atoms with Crippen molar-refractivity contribution in [1.82, 2.24) is 0 Å². The van der Waals surface area contributed by atoms with Gasteiger partial charge in [-0.1, -0.05) is 16.8 Å². The van der Waals surface area contributed by atoms with Crippen LogP contribution in [0.1, 0.15) is 5.56 Å². The second-order valence-electron chi connectivity index (χ2n) is 3.80. The molecule has 0 atom stereocenters. The highest BCUT2D eigenvalue weighted by molar-refractivity contribution is 9.10. The number of amidine groups is 1. The maximum atomic E-state index is 13.1. The van der Waals surface area contributed by atoms with Crippen LogP contribution in [0.25, 0.3) is 0 Å². The summed E-state index contributed by atoms with van der Waals surface area (Å²) in [6.07, 6.45) is 0. The van der Waals surface area contributed by atoms with E-state index in [1.807, 2.05) is 0 Å². The number of rotatable bonds is 3. The van der Waals surface area contributed by atoms with E-state index in [0.717, 1.165) is 0 Å². The zero-order valence-electron chi connectivity index (χ0n) is 9.98. The van der Waals surface area contributed by atoms with Crippen molar-refractivity contribution in [1.29, 1.82) is 0 Å². The number of oxime groups is 1. The fourth-order valence-electron chi connectivity index (χ4n) is 1.50. The van der Waals surface area contributed by atoms with Crippen LogP contribution >= 0.6 is 27.5 Å². The molecule has 4 nitrogen and oxygen atoms in total. The molecule has 0 fully saturated rings. The van der Waals surface area contributed by atoms with Gasteiger partial charge < -0.3 is 15.7 Å². The van der Waals surface area contributed by atoms with E-state index >= 15 is 0 Å². The molecule has 0 spiro atoms. The molecule has 2 aromatic rings. The Morgan fingerprint density at radius 3 is 2.50 bits per heavy atom. The lowest BCUT2D eigenvalue weighted by Gasteiger charge is -2.08. The molecule has 0 amide bonds. The van der Waals surface area contributed by atoms with Crippen LogP contribution < -0.4 is 10.5 Å². The predicted molar refractivity (Wildman–Crippen MR) is 78.1 cm³/mol. The van der Waals surface area contributed by atoms with Crippen LogP contribution in [-0.2, 0) is 0 Å². The summed E-state index contributed by atoms with van der Waals surface area (Å²) in [7, 11) is 0. The van der Waals surface area contributed by atoms with Crippen LogP contribution in [-0.4, -0.2) is 11.0 Å². The van der Waals surface area contributed by atoms with Crippen molar-refractivity contribution in [2.75, 3.05) is 0 Å². The third kappa shape index (κ3) is 3.20. The summed E-state index contributed by atoms with van der Waals surface area (Å²) >= 11 is 9.08. The summed E-state index contributed by atoms with van der Waals surface area (Å²) in [5.74, 6) is 0.428. The Labute approximate surface area is 127 Å². The summed E-state index contributed by atoms with van der Waals surface area (Å²) in [6, 6.07) is 8.96. The summed E-state index contributed by atoms with van der Waals surface area (Å²) in [6.45, 7) is 0. The number of halogens is 3. The van der Waals surface area contributed by atoms with Gasteiger partial charge in [-0.3, -0.25) is 0 Å². The van der Waals surface area contributed by atoms with E-state index in [1.54, 1.807) is 12.1 Å². The molecule has 0 radical (unpaired) electrons. The molecule has 20 heavy (non-hydrogen) atoms. The maximum absolute atomic E-state index is 13.1. The average molecular weight is 360 g/mol. The quantitative estimate of drug-likeness (QED) is 0.375. The van der Waals surface area contributed by atoms with Crippen molar-refractivity contribution in [2.24, 2.45) is 10.9 Å². The molecule has 104 valence electrons. The van der Waals surface area contributed by atoms with Crippen LogP contribution in [0.15, 0.2) is 46.0 Å². The Morgan fingerprint density at radius 2 is 1.90 bits per heavy atom. The highest BCUT2D eigenvalue weighted by atomic mass is 79.9. The SMILES string of the molecule is N/C(=N/O)c1ccc(Oc2ccc(F)c(Br)c2)cc1Cl. The maximum Gasteiger partial charge on any atom is 0.171 e. The Balaban J connectivity index is 2.26. The summed E-state index contributed by atoms with van der Waals surface area (Å²) in [5, 5.41) is 11.8. The molecule has 0 aromatic heterocycles. The fourth-order valence-corrected chi connectivity index (χ4v) is 2.12. The third-order valence-electron chi connectivity index (χ3n) is 2.45. The molecule has 2 rings (SSSR count). The van der Waals surface area contributed by atoms with E-state index < -0.39 is 0 Å². The van der Waals surface area contributed by atoms with Gasteiger partial charge in [-0.15, -0.1) is 0 Å². The molecule has 0 aliphatic carbocycles. The molecule has 0 heterocycles. The molecule has 2 aromatic carbocycles. The average Bonchev–Trinajstić information content (AvgIpc) is 2.42. The topological polar surface area (TPSA) is 67.8 Å². The van der Waals surface area contributed by atoms with Crippen LogP contribution in [0.5, 0.6) is 11.5 Å². The van der Waals surface area contributed by atoms with Crippen LogP contribution in [0.3, 0.4) is 0 Å². The van der Waals surface area contributed by atoms with Crippen LogP contribution in [0.4, 0.5) is 4.39 Å². The van der Waals surface area contributed by atoms with Crippen molar-refractivity contribution < 1.29 is 14.3 Å². The summed E-state index contributed by atoms with van der Waals surface area (Å²) in [4.78, 5) is 0. The Hall–Kier alpha value is -1.79. The van der Waals surface area contributed by atoms with E-state index in [0.29, 0.717) is 21.5 Å². The minimum Gasteiger partial charge on any atom is -0.457 e. The molecular weight excluding hydrogens is 351 g/mol. The van der Waals surface area contributed by atoms with Crippen molar-refractivity contribution in [3.8, 4) is 11.5 Å². The highest BCUT2D eigenvalue weighted by Crippen LogP contribution is 2.29. The summed E-state index contributed by atoms with van der Waals surface area (Å²) < 4.78 is 18.9. The summed E-state index contributed by atoms with van der Waals surface area (Å²) in [5.41, 5.74) is 5.85. The van der Waals surface area contributed by atoms with E-state index in [4.69, 9.17) is 27.3 Å². The zero-order chi connectivity index (χ0) is 14.7.